The summed E-state index contributed by atoms with van der Waals surface area (Å²) in [4.78, 5) is 16.7. The molecule has 2 heterocycles. The third-order valence-corrected chi connectivity index (χ3v) is 6.23. The Morgan fingerprint density at radius 1 is 0.865 bits per heavy atom. The van der Waals surface area contributed by atoms with Crippen LogP contribution in [0.2, 0.25) is 0 Å². The van der Waals surface area contributed by atoms with E-state index in [-0.39, 0.29) is 5.69 Å². The van der Waals surface area contributed by atoms with Gasteiger partial charge in [-0.2, -0.15) is 0 Å². The van der Waals surface area contributed by atoms with Crippen LogP contribution in [-0.2, 0) is 13.0 Å². The summed E-state index contributed by atoms with van der Waals surface area (Å²) in [5, 5.41) is 10.7. The Morgan fingerprint density at radius 2 is 1.65 bits per heavy atom. The maximum Gasteiger partial charge on any atom is 0.352 e. The van der Waals surface area contributed by atoms with E-state index in [2.05, 4.69) is 29.2 Å². The number of aromatic nitrogens is 2. The average molecular weight is 493 g/mol. The Kier molecular flexibility index (Phi) is 7.17. The monoisotopic (exact) mass is 492 g/mol. The first-order chi connectivity index (χ1) is 18.1. The second kappa shape index (κ2) is 11.0. The maximum absolute atomic E-state index is 12.1. The fourth-order valence-corrected chi connectivity index (χ4v) is 4.52. The molecular weight excluding hydrogens is 464 g/mol. The molecule has 0 spiro atoms. The van der Waals surface area contributed by atoms with Gasteiger partial charge in [0.15, 0.2) is 0 Å². The van der Waals surface area contributed by atoms with Crippen molar-refractivity contribution in [2.75, 3.05) is 13.2 Å². The molecule has 5 rings (SSSR count). The fourth-order valence-electron chi connectivity index (χ4n) is 4.52. The van der Waals surface area contributed by atoms with Crippen LogP contribution in [0, 0.1) is 0 Å². The zero-order valence-corrected chi connectivity index (χ0v) is 20.6. The van der Waals surface area contributed by atoms with Crippen LogP contribution in [0.3, 0.4) is 0 Å². The highest BCUT2D eigenvalue weighted by Crippen LogP contribution is 2.31. The lowest BCUT2D eigenvalue weighted by Crippen LogP contribution is -2.13. The Bertz CT molecular complexity index is 1510. The van der Waals surface area contributed by atoms with Crippen LogP contribution in [0.4, 0.5) is 0 Å². The van der Waals surface area contributed by atoms with Crippen molar-refractivity contribution in [2.45, 2.75) is 19.9 Å². The van der Waals surface area contributed by atoms with Gasteiger partial charge in [0.2, 0.25) is 0 Å². The van der Waals surface area contributed by atoms with E-state index in [1.807, 2.05) is 67.6 Å². The number of aromatic carboxylic acids is 1. The SMILES string of the molecule is CCOc1cccc(-c2nccc3c2cc(C(=O)O)n3CCOc2ccc(Cc3ccccc3)cc2)c1. The van der Waals surface area contributed by atoms with Gasteiger partial charge in [0.25, 0.3) is 0 Å². The van der Waals surface area contributed by atoms with Crippen LogP contribution in [0.15, 0.2) is 97.2 Å². The Hall–Kier alpha value is -4.58. The molecule has 0 saturated carbocycles. The second-order valence-electron chi connectivity index (χ2n) is 8.69. The standard InChI is InChI=1S/C31H28N2O4/c1-2-36-26-10-6-9-24(20-26)30-27-21-29(31(34)35)33(28(27)15-16-32-30)17-18-37-25-13-11-23(12-14-25)19-22-7-4-3-5-8-22/h3-16,20-21H,2,17-19H2,1H3,(H,34,35). The number of pyridine rings is 1. The number of fused-ring (bicyclic) bond motifs is 1. The minimum atomic E-state index is -0.990. The summed E-state index contributed by atoms with van der Waals surface area (Å²) < 4.78 is 13.4. The number of ether oxygens (including phenoxy) is 2. The Balaban J connectivity index is 1.34. The van der Waals surface area contributed by atoms with Crippen molar-refractivity contribution < 1.29 is 19.4 Å². The van der Waals surface area contributed by atoms with E-state index in [1.54, 1.807) is 16.8 Å². The summed E-state index contributed by atoms with van der Waals surface area (Å²) in [6, 6.07) is 29.6. The van der Waals surface area contributed by atoms with Crippen molar-refractivity contribution in [2.24, 2.45) is 0 Å². The summed E-state index contributed by atoms with van der Waals surface area (Å²) in [6.07, 6.45) is 2.57. The molecule has 0 atom stereocenters. The molecular formula is C31H28N2O4. The first-order valence-corrected chi connectivity index (χ1v) is 12.3. The van der Waals surface area contributed by atoms with Gasteiger partial charge in [-0.05, 0) is 60.9 Å². The van der Waals surface area contributed by atoms with Crippen molar-refractivity contribution in [1.82, 2.24) is 9.55 Å². The highest BCUT2D eigenvalue weighted by Gasteiger charge is 2.18. The molecule has 2 aromatic heterocycles. The van der Waals surface area contributed by atoms with Crippen LogP contribution >= 0.6 is 0 Å². The number of benzene rings is 3. The Morgan fingerprint density at radius 3 is 2.41 bits per heavy atom. The van der Waals surface area contributed by atoms with Gasteiger partial charge in [-0.25, -0.2) is 4.79 Å². The molecule has 0 radical (unpaired) electrons. The minimum absolute atomic E-state index is 0.201. The van der Waals surface area contributed by atoms with Gasteiger partial charge in [-0.15, -0.1) is 0 Å². The van der Waals surface area contributed by atoms with Crippen molar-refractivity contribution in [3.8, 4) is 22.8 Å². The number of carbonyl (C=O) groups is 1. The van der Waals surface area contributed by atoms with E-state index in [9.17, 15) is 9.90 Å². The van der Waals surface area contributed by atoms with Crippen molar-refractivity contribution >= 4 is 16.9 Å². The maximum atomic E-state index is 12.1. The minimum Gasteiger partial charge on any atom is -0.494 e. The van der Waals surface area contributed by atoms with E-state index in [0.717, 1.165) is 40.1 Å². The van der Waals surface area contributed by atoms with Gasteiger partial charge in [-0.3, -0.25) is 4.98 Å². The number of carboxylic acids is 1. The lowest BCUT2D eigenvalue weighted by atomic mass is 10.1. The fraction of sp³-hybridized carbons (Fsp3) is 0.161. The third kappa shape index (κ3) is 5.48. The van der Waals surface area contributed by atoms with Gasteiger partial charge in [0.05, 0.1) is 24.4 Å². The second-order valence-corrected chi connectivity index (χ2v) is 8.69. The highest BCUT2D eigenvalue weighted by molar-refractivity contribution is 6.00. The molecule has 0 amide bonds. The van der Waals surface area contributed by atoms with Gasteiger partial charge >= 0.3 is 5.97 Å². The smallest absolute Gasteiger partial charge is 0.352 e. The zero-order valence-electron chi connectivity index (χ0n) is 20.6. The average Bonchev–Trinajstić information content (AvgIpc) is 3.30. The number of hydrogen-bond acceptors (Lipinski definition) is 4. The first-order valence-electron chi connectivity index (χ1n) is 12.3. The predicted molar refractivity (Wildman–Crippen MR) is 144 cm³/mol. The normalized spacial score (nSPS) is 10.9. The molecule has 0 unspecified atom stereocenters. The zero-order chi connectivity index (χ0) is 25.6. The Labute approximate surface area is 215 Å². The highest BCUT2D eigenvalue weighted by atomic mass is 16.5. The van der Waals surface area contributed by atoms with Gasteiger partial charge in [0, 0.05) is 17.1 Å². The molecule has 1 N–H and O–H groups in total. The molecule has 0 saturated heterocycles. The quantitative estimate of drug-likeness (QED) is 0.242. The third-order valence-electron chi connectivity index (χ3n) is 6.23. The van der Waals surface area contributed by atoms with Crippen LogP contribution in [-0.4, -0.2) is 33.8 Å². The van der Waals surface area contributed by atoms with E-state index in [4.69, 9.17) is 9.47 Å². The summed E-state index contributed by atoms with van der Waals surface area (Å²) in [7, 11) is 0. The molecule has 6 heteroatoms. The van der Waals surface area contributed by atoms with Gasteiger partial charge in [0.1, 0.15) is 23.8 Å². The van der Waals surface area contributed by atoms with Crippen LogP contribution in [0.5, 0.6) is 11.5 Å². The van der Waals surface area contributed by atoms with Crippen LogP contribution in [0.1, 0.15) is 28.5 Å². The molecule has 0 fully saturated rings. The number of hydrogen-bond donors (Lipinski definition) is 1. The summed E-state index contributed by atoms with van der Waals surface area (Å²) in [6.45, 7) is 3.22. The molecule has 37 heavy (non-hydrogen) atoms. The number of carboxylic acid groups (broad SMARTS) is 1. The lowest BCUT2D eigenvalue weighted by molar-refractivity contribution is 0.0684. The van der Waals surface area contributed by atoms with Crippen molar-refractivity contribution in [3.63, 3.8) is 0 Å². The number of rotatable bonds is 10. The molecule has 0 bridgehead atoms. The van der Waals surface area contributed by atoms with Crippen molar-refractivity contribution in [3.05, 3.63) is 114 Å². The lowest BCUT2D eigenvalue weighted by Gasteiger charge is -2.11. The molecule has 3 aromatic carbocycles. The molecule has 6 nitrogen and oxygen atoms in total. The topological polar surface area (TPSA) is 73.6 Å². The summed E-state index contributed by atoms with van der Waals surface area (Å²) in [5.41, 5.74) is 5.05. The van der Waals surface area contributed by atoms with Gasteiger partial charge in [-0.1, -0.05) is 54.6 Å². The first kappa shape index (κ1) is 24.1. The largest absolute Gasteiger partial charge is 0.494 e. The van der Waals surface area contributed by atoms with E-state index in [0.29, 0.717) is 19.8 Å². The molecule has 5 aromatic rings. The van der Waals surface area contributed by atoms with Gasteiger partial charge < -0.3 is 19.1 Å². The number of nitrogens with zero attached hydrogens (tertiary/aromatic N) is 2. The van der Waals surface area contributed by atoms with Crippen molar-refractivity contribution in [1.29, 1.82) is 0 Å². The van der Waals surface area contributed by atoms with Crippen LogP contribution in [0.25, 0.3) is 22.2 Å². The van der Waals surface area contributed by atoms with E-state index >= 15 is 0 Å². The van der Waals surface area contributed by atoms with Crippen LogP contribution < -0.4 is 9.47 Å². The predicted octanol–water partition coefficient (Wildman–Crippen LogP) is 6.47. The summed E-state index contributed by atoms with van der Waals surface area (Å²) in [5.74, 6) is 0.510. The summed E-state index contributed by atoms with van der Waals surface area (Å²) >= 11 is 0. The molecule has 0 aliphatic heterocycles. The van der Waals surface area contributed by atoms with E-state index < -0.39 is 5.97 Å². The molecule has 0 aliphatic rings. The molecule has 186 valence electrons. The molecule has 0 aliphatic carbocycles. The van der Waals surface area contributed by atoms with E-state index in [1.165, 1.54) is 11.1 Å².